The lowest BCUT2D eigenvalue weighted by Crippen LogP contribution is -2.46. The monoisotopic (exact) mass is 446 g/mol. The van der Waals surface area contributed by atoms with Gasteiger partial charge in [-0.15, -0.1) is 10.2 Å². The van der Waals surface area contributed by atoms with E-state index in [1.54, 1.807) is 0 Å². The normalized spacial score (nSPS) is 15.8. The van der Waals surface area contributed by atoms with Crippen LogP contribution in [0.3, 0.4) is 0 Å². The fraction of sp³-hybridized carbons (Fsp3) is 0.571. The van der Waals surface area contributed by atoms with E-state index < -0.39 is 0 Å². The van der Waals surface area contributed by atoms with E-state index in [9.17, 15) is 0 Å². The molecule has 28 heavy (non-hydrogen) atoms. The van der Waals surface area contributed by atoms with E-state index in [0.29, 0.717) is 12.6 Å². The van der Waals surface area contributed by atoms with Crippen molar-refractivity contribution in [1.82, 2.24) is 25.4 Å². The highest BCUT2D eigenvalue weighted by atomic mass is 79.9. The summed E-state index contributed by atoms with van der Waals surface area (Å²) in [6.45, 7) is 7.75. The minimum absolute atomic E-state index is 0.0421. The highest BCUT2D eigenvalue weighted by molar-refractivity contribution is 9.10. The van der Waals surface area contributed by atoms with Gasteiger partial charge in [-0.1, -0.05) is 60.8 Å². The minimum Gasteiger partial charge on any atom is -0.356 e. The molecular formula is C21H31BrN6. The summed E-state index contributed by atoms with van der Waals surface area (Å²) in [4.78, 5) is 4.81. The van der Waals surface area contributed by atoms with Gasteiger partial charge in [-0.2, -0.15) is 0 Å². The molecular weight excluding hydrogens is 416 g/mol. The standard InChI is InChI=1S/C21H31BrN6/c1-15-26-27-19(28(15)4)13-23-20(25-16-9-5-6-10-16)24-14-21(2,3)17-11-7-8-12-18(17)22/h7-8,11-12,16H,5-6,9-10,13-14H2,1-4H3,(H2,23,24,25). The quantitative estimate of drug-likeness (QED) is 0.522. The van der Waals surface area contributed by atoms with Gasteiger partial charge in [0.1, 0.15) is 12.4 Å². The third kappa shape index (κ3) is 5.13. The maximum absolute atomic E-state index is 4.81. The molecule has 1 aliphatic rings. The van der Waals surface area contributed by atoms with E-state index >= 15 is 0 Å². The second kappa shape index (κ2) is 9.07. The molecule has 2 aromatic rings. The van der Waals surface area contributed by atoms with Gasteiger partial charge in [0.25, 0.3) is 0 Å². The fourth-order valence-electron chi connectivity index (χ4n) is 3.56. The number of hydrogen-bond acceptors (Lipinski definition) is 3. The number of guanidine groups is 1. The number of rotatable bonds is 6. The number of nitrogens with zero attached hydrogens (tertiary/aromatic N) is 4. The van der Waals surface area contributed by atoms with Crippen LogP contribution in [-0.2, 0) is 19.0 Å². The van der Waals surface area contributed by atoms with Gasteiger partial charge in [0.2, 0.25) is 0 Å². The fourth-order valence-corrected chi connectivity index (χ4v) is 4.39. The molecule has 0 spiro atoms. The second-order valence-corrected chi connectivity index (χ2v) is 9.08. The zero-order chi connectivity index (χ0) is 20.1. The van der Waals surface area contributed by atoms with Crippen LogP contribution in [0.1, 0.15) is 56.7 Å². The molecule has 0 amide bonds. The Morgan fingerprint density at radius 1 is 1.25 bits per heavy atom. The molecule has 1 heterocycles. The maximum atomic E-state index is 4.81. The predicted octanol–water partition coefficient (Wildman–Crippen LogP) is 3.84. The summed E-state index contributed by atoms with van der Waals surface area (Å²) in [5, 5.41) is 15.6. The predicted molar refractivity (Wildman–Crippen MR) is 117 cm³/mol. The van der Waals surface area contributed by atoms with Crippen molar-refractivity contribution >= 4 is 21.9 Å². The number of benzene rings is 1. The number of hydrogen-bond donors (Lipinski definition) is 2. The van der Waals surface area contributed by atoms with Gasteiger partial charge in [-0.05, 0) is 31.4 Å². The van der Waals surface area contributed by atoms with Crippen molar-refractivity contribution in [3.63, 3.8) is 0 Å². The summed E-state index contributed by atoms with van der Waals surface area (Å²) < 4.78 is 3.13. The van der Waals surface area contributed by atoms with Gasteiger partial charge in [0.05, 0.1) is 0 Å². The van der Waals surface area contributed by atoms with Gasteiger partial charge >= 0.3 is 0 Å². The molecule has 0 radical (unpaired) electrons. The van der Waals surface area contributed by atoms with E-state index in [1.165, 1.54) is 31.2 Å². The zero-order valence-electron chi connectivity index (χ0n) is 17.3. The van der Waals surface area contributed by atoms with Crippen molar-refractivity contribution < 1.29 is 0 Å². The molecule has 3 rings (SSSR count). The molecule has 0 bridgehead atoms. The van der Waals surface area contributed by atoms with Gasteiger partial charge in [0, 0.05) is 29.5 Å². The van der Waals surface area contributed by atoms with Crippen LogP contribution in [0.15, 0.2) is 33.7 Å². The lowest BCUT2D eigenvalue weighted by atomic mass is 9.84. The Hall–Kier alpha value is -1.89. The first-order valence-corrected chi connectivity index (χ1v) is 10.8. The zero-order valence-corrected chi connectivity index (χ0v) is 18.9. The van der Waals surface area contributed by atoms with Gasteiger partial charge in [-0.3, -0.25) is 0 Å². The highest BCUT2D eigenvalue weighted by Gasteiger charge is 2.24. The Balaban J connectivity index is 1.72. The lowest BCUT2D eigenvalue weighted by molar-refractivity contribution is 0.500. The summed E-state index contributed by atoms with van der Waals surface area (Å²) in [6, 6.07) is 8.91. The van der Waals surface area contributed by atoms with Crippen molar-refractivity contribution in [2.24, 2.45) is 12.0 Å². The van der Waals surface area contributed by atoms with Crippen LogP contribution in [0.2, 0.25) is 0 Å². The van der Waals surface area contributed by atoms with Crippen LogP contribution in [0.4, 0.5) is 0 Å². The molecule has 1 aromatic carbocycles. The topological polar surface area (TPSA) is 67.1 Å². The number of halogens is 1. The van der Waals surface area contributed by atoms with Crippen LogP contribution in [-0.4, -0.2) is 33.3 Å². The number of aryl methyl sites for hydroxylation is 1. The molecule has 2 N–H and O–H groups in total. The molecule has 152 valence electrons. The van der Waals surface area contributed by atoms with Crippen LogP contribution >= 0.6 is 15.9 Å². The average Bonchev–Trinajstić information content (AvgIpc) is 3.29. The molecule has 1 saturated carbocycles. The number of nitrogens with one attached hydrogen (secondary N) is 2. The summed E-state index contributed by atoms with van der Waals surface area (Å²) >= 11 is 3.69. The Labute approximate surface area is 176 Å². The Morgan fingerprint density at radius 2 is 1.96 bits per heavy atom. The molecule has 0 atom stereocenters. The largest absolute Gasteiger partial charge is 0.356 e. The summed E-state index contributed by atoms with van der Waals surface area (Å²) in [5.74, 6) is 2.63. The third-order valence-corrected chi connectivity index (χ3v) is 6.25. The molecule has 1 aromatic heterocycles. The average molecular weight is 447 g/mol. The van der Waals surface area contributed by atoms with Crippen molar-refractivity contribution in [3.8, 4) is 0 Å². The first-order valence-electron chi connectivity index (χ1n) is 10.0. The van der Waals surface area contributed by atoms with E-state index in [4.69, 9.17) is 4.99 Å². The molecule has 1 aliphatic carbocycles. The van der Waals surface area contributed by atoms with Crippen LogP contribution in [0, 0.1) is 6.92 Å². The SMILES string of the molecule is Cc1nnc(CN=C(NCC(C)(C)c2ccccc2Br)NC2CCCC2)n1C. The molecule has 0 unspecified atom stereocenters. The first-order chi connectivity index (χ1) is 13.4. The second-order valence-electron chi connectivity index (χ2n) is 8.23. The van der Waals surface area contributed by atoms with Crippen molar-refractivity contribution in [2.75, 3.05) is 6.54 Å². The summed E-state index contributed by atoms with van der Waals surface area (Å²) in [6.07, 6.45) is 4.99. The molecule has 1 fully saturated rings. The Morgan fingerprint density at radius 3 is 2.61 bits per heavy atom. The van der Waals surface area contributed by atoms with E-state index in [-0.39, 0.29) is 5.41 Å². The van der Waals surface area contributed by atoms with Gasteiger partial charge < -0.3 is 15.2 Å². The molecule has 7 heteroatoms. The van der Waals surface area contributed by atoms with Crippen LogP contribution in [0.25, 0.3) is 0 Å². The maximum Gasteiger partial charge on any atom is 0.191 e. The van der Waals surface area contributed by atoms with Crippen molar-refractivity contribution in [1.29, 1.82) is 0 Å². The van der Waals surface area contributed by atoms with Gasteiger partial charge in [0.15, 0.2) is 11.8 Å². The number of aliphatic imine (C=N–C) groups is 1. The Kier molecular flexibility index (Phi) is 6.75. The molecule has 0 saturated heterocycles. The molecule has 0 aliphatic heterocycles. The minimum atomic E-state index is -0.0421. The van der Waals surface area contributed by atoms with Gasteiger partial charge in [-0.25, -0.2) is 4.99 Å². The Bertz CT molecular complexity index is 820. The molecule has 6 nitrogen and oxygen atoms in total. The number of aromatic nitrogens is 3. The summed E-state index contributed by atoms with van der Waals surface area (Å²) in [5.41, 5.74) is 1.24. The van der Waals surface area contributed by atoms with Crippen molar-refractivity contribution in [2.45, 2.75) is 64.5 Å². The first kappa shape index (κ1) is 20.8. The van der Waals surface area contributed by atoms with E-state index in [1.807, 2.05) is 18.5 Å². The summed E-state index contributed by atoms with van der Waals surface area (Å²) in [7, 11) is 1.98. The van der Waals surface area contributed by atoms with Crippen LogP contribution in [0.5, 0.6) is 0 Å². The smallest absolute Gasteiger partial charge is 0.191 e. The van der Waals surface area contributed by atoms with Crippen molar-refractivity contribution in [3.05, 3.63) is 46.0 Å². The highest BCUT2D eigenvalue weighted by Crippen LogP contribution is 2.29. The third-order valence-electron chi connectivity index (χ3n) is 5.56. The van der Waals surface area contributed by atoms with E-state index in [2.05, 4.69) is 74.9 Å². The van der Waals surface area contributed by atoms with Crippen LogP contribution < -0.4 is 10.6 Å². The lowest BCUT2D eigenvalue weighted by Gasteiger charge is -2.28. The van der Waals surface area contributed by atoms with E-state index in [0.717, 1.165) is 28.6 Å².